The van der Waals surface area contributed by atoms with Gasteiger partial charge in [0.15, 0.2) is 17.8 Å². The molecule has 2 aromatic heterocycles. The Morgan fingerprint density at radius 3 is 2.68 bits per heavy atom. The number of anilines is 2. The Hall–Kier alpha value is -4.01. The Balaban J connectivity index is 1.44. The van der Waals surface area contributed by atoms with Crippen molar-refractivity contribution in [2.45, 2.75) is 6.17 Å². The maximum atomic E-state index is 14.1. The first kappa shape index (κ1) is 15.1. The minimum atomic E-state index is -0.364. The van der Waals surface area contributed by atoms with E-state index in [1.165, 1.54) is 10.7 Å². The number of hydrogen-bond donors (Lipinski definition) is 0. The highest BCUT2D eigenvalue weighted by Crippen LogP contribution is 2.42. The summed E-state index contributed by atoms with van der Waals surface area (Å²) in [5.74, 6) is 1.03. The average molecular weight is 372 g/mol. The van der Waals surface area contributed by atoms with Crippen LogP contribution in [0.25, 0.3) is 11.4 Å². The zero-order chi connectivity index (χ0) is 18.7. The fraction of sp³-hybridized carbons (Fsp3) is 0.0526. The third kappa shape index (κ3) is 1.98. The summed E-state index contributed by atoms with van der Waals surface area (Å²) in [4.78, 5) is 8.97. The molecule has 0 amide bonds. The molecule has 136 valence electrons. The maximum absolute atomic E-state index is 14.1. The van der Waals surface area contributed by atoms with Crippen molar-refractivity contribution in [3.8, 4) is 11.4 Å². The lowest BCUT2D eigenvalue weighted by molar-refractivity contribution is 0.607. The van der Waals surface area contributed by atoms with Gasteiger partial charge in [-0.15, -0.1) is 5.10 Å². The summed E-state index contributed by atoms with van der Waals surface area (Å²) in [5.41, 5.74) is 2.45. The molecular weight excluding hydrogens is 359 g/mol. The fourth-order valence-corrected chi connectivity index (χ4v) is 3.66. The Morgan fingerprint density at radius 1 is 0.964 bits per heavy atom. The molecule has 4 aromatic rings. The topological polar surface area (TPSA) is 67.4 Å². The molecule has 2 aromatic carbocycles. The van der Waals surface area contributed by atoms with Gasteiger partial charge in [-0.05, 0) is 18.2 Å². The molecule has 0 aliphatic carbocycles. The van der Waals surface area contributed by atoms with E-state index in [4.69, 9.17) is 0 Å². The van der Waals surface area contributed by atoms with E-state index >= 15 is 0 Å². The van der Waals surface area contributed by atoms with Gasteiger partial charge in [-0.1, -0.05) is 35.5 Å². The first-order valence-corrected chi connectivity index (χ1v) is 8.72. The van der Waals surface area contributed by atoms with Crippen LogP contribution in [-0.2, 0) is 0 Å². The van der Waals surface area contributed by atoms with Gasteiger partial charge in [-0.3, -0.25) is 4.57 Å². The first-order valence-electron chi connectivity index (χ1n) is 8.72. The molecule has 2 aliphatic rings. The van der Waals surface area contributed by atoms with Crippen molar-refractivity contribution in [2.75, 3.05) is 10.0 Å². The highest BCUT2D eigenvalue weighted by atomic mass is 19.1. The number of aliphatic imine (C=N–C) groups is 1. The number of fused-ring (bicyclic) bond motifs is 6. The number of imidazole rings is 1. The van der Waals surface area contributed by atoms with E-state index < -0.39 is 0 Å². The molecule has 0 radical (unpaired) electrons. The molecule has 1 unspecified atom stereocenters. The van der Waals surface area contributed by atoms with Crippen LogP contribution in [0.5, 0.6) is 0 Å². The molecule has 0 bridgehead atoms. The van der Waals surface area contributed by atoms with Crippen LogP contribution in [-0.4, -0.2) is 30.9 Å². The summed E-state index contributed by atoms with van der Waals surface area (Å²) < 4.78 is 17.5. The lowest BCUT2D eigenvalue weighted by Gasteiger charge is -2.36. The number of benzene rings is 2. The minimum Gasteiger partial charge on any atom is -0.284 e. The van der Waals surface area contributed by atoms with Gasteiger partial charge in [-0.25, -0.2) is 29.1 Å². The maximum Gasteiger partial charge on any atom is 0.195 e. The highest BCUT2D eigenvalue weighted by molar-refractivity contribution is 5.86. The molecule has 0 N–H and O–H groups in total. The van der Waals surface area contributed by atoms with Gasteiger partial charge in [0.1, 0.15) is 24.2 Å². The third-order valence-corrected chi connectivity index (χ3v) is 4.92. The summed E-state index contributed by atoms with van der Waals surface area (Å²) in [6.45, 7) is 0. The number of aromatic nitrogens is 5. The molecule has 0 fully saturated rings. The Bertz CT molecular complexity index is 1230. The van der Waals surface area contributed by atoms with Gasteiger partial charge in [0.2, 0.25) is 0 Å². The molecule has 4 heterocycles. The van der Waals surface area contributed by atoms with Crippen LogP contribution >= 0.6 is 0 Å². The predicted molar refractivity (Wildman–Crippen MR) is 101 cm³/mol. The van der Waals surface area contributed by atoms with E-state index in [9.17, 15) is 4.39 Å². The van der Waals surface area contributed by atoms with Crippen LogP contribution in [0.3, 0.4) is 0 Å². The summed E-state index contributed by atoms with van der Waals surface area (Å²) >= 11 is 0. The van der Waals surface area contributed by atoms with E-state index in [0.717, 1.165) is 17.1 Å². The van der Waals surface area contributed by atoms with E-state index in [1.54, 1.807) is 48.3 Å². The Kier molecular flexibility index (Phi) is 2.96. The Labute approximate surface area is 158 Å². The lowest BCUT2D eigenvalue weighted by Crippen LogP contribution is -2.42. The van der Waals surface area contributed by atoms with Crippen molar-refractivity contribution in [1.29, 1.82) is 0 Å². The van der Waals surface area contributed by atoms with Gasteiger partial charge < -0.3 is 0 Å². The van der Waals surface area contributed by atoms with Crippen molar-refractivity contribution < 1.29 is 4.39 Å². The molecule has 2 aliphatic heterocycles. The zero-order valence-corrected chi connectivity index (χ0v) is 14.5. The van der Waals surface area contributed by atoms with Crippen molar-refractivity contribution in [3.63, 3.8) is 0 Å². The summed E-state index contributed by atoms with van der Waals surface area (Å²) in [5, 5.41) is 12.1. The molecule has 0 spiro atoms. The van der Waals surface area contributed by atoms with Crippen LogP contribution in [0.2, 0.25) is 0 Å². The molecule has 28 heavy (non-hydrogen) atoms. The Morgan fingerprint density at radius 2 is 1.79 bits per heavy atom. The van der Waals surface area contributed by atoms with Crippen molar-refractivity contribution in [1.82, 2.24) is 24.5 Å². The van der Waals surface area contributed by atoms with Crippen LogP contribution in [0, 0.1) is 5.82 Å². The van der Waals surface area contributed by atoms with E-state index in [0.29, 0.717) is 11.5 Å². The number of nitrogens with zero attached hydrogens (tertiary/aromatic N) is 8. The van der Waals surface area contributed by atoms with Crippen LogP contribution < -0.4 is 10.0 Å². The highest BCUT2D eigenvalue weighted by Gasteiger charge is 2.39. The molecule has 8 nitrogen and oxygen atoms in total. The molecule has 9 heteroatoms. The van der Waals surface area contributed by atoms with Crippen molar-refractivity contribution in [3.05, 3.63) is 78.6 Å². The third-order valence-electron chi connectivity index (χ3n) is 4.92. The van der Waals surface area contributed by atoms with Gasteiger partial charge in [0.25, 0.3) is 0 Å². The van der Waals surface area contributed by atoms with Gasteiger partial charge >= 0.3 is 0 Å². The van der Waals surface area contributed by atoms with Crippen molar-refractivity contribution in [2.24, 2.45) is 4.99 Å². The number of hydrogen-bond acceptors (Lipinski definition) is 6. The monoisotopic (exact) mass is 372 g/mol. The molecule has 1 atom stereocenters. The number of rotatable bonds is 2. The predicted octanol–water partition coefficient (Wildman–Crippen LogP) is 2.87. The quantitative estimate of drug-likeness (QED) is 0.541. The minimum absolute atomic E-state index is 0.223. The van der Waals surface area contributed by atoms with Gasteiger partial charge in [-0.2, -0.15) is 0 Å². The summed E-state index contributed by atoms with van der Waals surface area (Å²) in [6, 6.07) is 14.5. The fourth-order valence-electron chi connectivity index (χ4n) is 3.66. The smallest absolute Gasteiger partial charge is 0.195 e. The standard InChI is InChI=1S/C19H13FN8/c20-14-6-2-4-8-16(14)26-10-17(23-24-26)27-12-22-19-13-5-1-3-7-15(13)25-11-21-9-18(25)28(19)27/h1-12,19H. The van der Waals surface area contributed by atoms with E-state index in [2.05, 4.69) is 20.3 Å². The van der Waals surface area contributed by atoms with Crippen LogP contribution in [0.1, 0.15) is 11.7 Å². The van der Waals surface area contributed by atoms with Crippen molar-refractivity contribution >= 4 is 18.0 Å². The second-order valence-corrected chi connectivity index (χ2v) is 6.48. The number of para-hydroxylation sites is 2. The van der Waals surface area contributed by atoms with E-state index in [-0.39, 0.29) is 12.0 Å². The molecular formula is C19H13FN8. The molecule has 0 saturated heterocycles. The second kappa shape index (κ2) is 5.49. The normalized spacial score (nSPS) is 16.8. The van der Waals surface area contributed by atoms with Gasteiger partial charge in [0.05, 0.1) is 18.1 Å². The summed E-state index contributed by atoms with van der Waals surface area (Å²) in [7, 11) is 0. The largest absolute Gasteiger partial charge is 0.284 e. The first-order chi connectivity index (χ1) is 13.8. The molecule has 0 saturated carbocycles. The SMILES string of the molecule is Fc1ccccc1-n1cc(N2C=NC3c4ccccc4-n4cncc4N32)nn1. The lowest BCUT2D eigenvalue weighted by atomic mass is 10.1. The van der Waals surface area contributed by atoms with Gasteiger partial charge in [0, 0.05) is 5.56 Å². The van der Waals surface area contributed by atoms with Crippen LogP contribution in [0.15, 0.2) is 72.2 Å². The second-order valence-electron chi connectivity index (χ2n) is 6.48. The van der Waals surface area contributed by atoms with Crippen LogP contribution in [0.4, 0.5) is 16.0 Å². The average Bonchev–Trinajstić information content (AvgIpc) is 3.46. The summed E-state index contributed by atoms with van der Waals surface area (Å²) in [6.07, 6.45) is 6.72. The zero-order valence-electron chi connectivity index (χ0n) is 14.5. The number of hydrazine groups is 1. The molecule has 6 rings (SSSR count). The van der Waals surface area contributed by atoms with E-state index in [1.807, 2.05) is 33.8 Å². The number of halogens is 1.